The summed E-state index contributed by atoms with van der Waals surface area (Å²) in [5.41, 5.74) is 3.23. The Morgan fingerprint density at radius 1 is 1.22 bits per heavy atom. The predicted molar refractivity (Wildman–Crippen MR) is 84.7 cm³/mol. The topological polar surface area (TPSA) is 88.9 Å². The molecule has 23 heavy (non-hydrogen) atoms. The third-order valence-corrected chi connectivity index (χ3v) is 3.95. The monoisotopic (exact) mass is 313 g/mol. The third kappa shape index (κ3) is 2.94. The molecule has 1 aliphatic rings. The Morgan fingerprint density at radius 3 is 2.57 bits per heavy atom. The first-order chi connectivity index (χ1) is 11.0. The number of hydrogen-bond donors (Lipinski definition) is 2. The van der Waals surface area contributed by atoms with Gasteiger partial charge in [-0.25, -0.2) is 4.68 Å². The van der Waals surface area contributed by atoms with Crippen LogP contribution in [-0.4, -0.2) is 39.9 Å². The molecule has 0 atom stereocenters. The Morgan fingerprint density at radius 2 is 1.96 bits per heavy atom. The highest BCUT2D eigenvalue weighted by Gasteiger charge is 2.26. The molecule has 2 aromatic rings. The average Bonchev–Trinajstić information content (AvgIpc) is 3.26. The van der Waals surface area contributed by atoms with E-state index in [0.29, 0.717) is 17.0 Å². The maximum atomic E-state index is 12.1. The van der Waals surface area contributed by atoms with Crippen LogP contribution in [0.15, 0.2) is 18.2 Å². The van der Waals surface area contributed by atoms with Crippen molar-refractivity contribution < 1.29 is 9.59 Å². The van der Waals surface area contributed by atoms with Crippen molar-refractivity contribution in [2.75, 3.05) is 7.05 Å². The molecule has 0 saturated heterocycles. The molecule has 0 spiro atoms. The molecule has 0 bridgehead atoms. The van der Waals surface area contributed by atoms with Gasteiger partial charge in [-0.15, -0.1) is 5.10 Å². The van der Waals surface area contributed by atoms with Gasteiger partial charge in [0.05, 0.1) is 11.4 Å². The van der Waals surface area contributed by atoms with Gasteiger partial charge in [-0.1, -0.05) is 5.21 Å². The Bertz CT molecular complexity index is 777. The van der Waals surface area contributed by atoms with Gasteiger partial charge in [-0.05, 0) is 50.5 Å². The van der Waals surface area contributed by atoms with Crippen LogP contribution in [0.25, 0.3) is 5.69 Å². The van der Waals surface area contributed by atoms with Crippen LogP contribution >= 0.6 is 0 Å². The second-order valence-corrected chi connectivity index (χ2v) is 5.76. The van der Waals surface area contributed by atoms with Crippen LogP contribution in [0.5, 0.6) is 0 Å². The number of hydrogen-bond acceptors (Lipinski definition) is 4. The summed E-state index contributed by atoms with van der Waals surface area (Å²) in [7, 11) is 1.60. The first kappa shape index (κ1) is 15.2. The number of amides is 2. The largest absolute Gasteiger partial charge is 0.355 e. The van der Waals surface area contributed by atoms with Gasteiger partial charge in [0.15, 0.2) is 5.69 Å². The number of nitrogens with one attached hydrogen (secondary N) is 2. The summed E-state index contributed by atoms with van der Waals surface area (Å²) in [5.74, 6) is -0.316. The molecule has 1 aromatic heterocycles. The second kappa shape index (κ2) is 5.83. The Balaban J connectivity index is 1.90. The number of aryl methyl sites for hydroxylation is 1. The SMILES string of the molecule is CNC(=O)c1ccc(-n2nnc(C(=O)NC3CC3)c2C)cc1C. The quantitative estimate of drug-likeness (QED) is 0.886. The summed E-state index contributed by atoms with van der Waals surface area (Å²) in [5, 5.41) is 13.6. The van der Waals surface area contributed by atoms with Crippen molar-refractivity contribution in [2.24, 2.45) is 0 Å². The van der Waals surface area contributed by atoms with Crippen LogP contribution in [0.4, 0.5) is 0 Å². The Labute approximate surface area is 134 Å². The van der Waals surface area contributed by atoms with E-state index in [1.807, 2.05) is 19.9 Å². The highest BCUT2D eigenvalue weighted by Crippen LogP contribution is 2.20. The molecule has 7 heteroatoms. The summed E-state index contributed by atoms with van der Waals surface area (Å²) in [6.45, 7) is 3.67. The van der Waals surface area contributed by atoms with Crippen LogP contribution in [0.3, 0.4) is 0 Å². The molecular weight excluding hydrogens is 294 g/mol. The lowest BCUT2D eigenvalue weighted by Gasteiger charge is -2.08. The standard InChI is InChI=1S/C16H19N5O2/c1-9-8-12(6-7-13(9)15(22)17-3)21-10(2)14(19-20-21)16(23)18-11-4-5-11/h6-8,11H,4-5H2,1-3H3,(H,17,22)(H,18,23). The lowest BCUT2D eigenvalue weighted by atomic mass is 10.1. The smallest absolute Gasteiger partial charge is 0.273 e. The van der Waals surface area contributed by atoms with Gasteiger partial charge < -0.3 is 10.6 Å². The van der Waals surface area contributed by atoms with Crippen LogP contribution < -0.4 is 10.6 Å². The summed E-state index contributed by atoms with van der Waals surface area (Å²) in [4.78, 5) is 23.9. The fraction of sp³-hybridized carbons (Fsp3) is 0.375. The molecule has 1 aliphatic carbocycles. The fourth-order valence-corrected chi connectivity index (χ4v) is 2.43. The number of rotatable bonds is 4. The van der Waals surface area contributed by atoms with E-state index in [1.165, 1.54) is 0 Å². The minimum atomic E-state index is -0.185. The van der Waals surface area contributed by atoms with Crippen molar-refractivity contribution in [3.63, 3.8) is 0 Å². The van der Waals surface area contributed by atoms with Crippen LogP contribution in [0, 0.1) is 13.8 Å². The van der Waals surface area contributed by atoms with Crippen LogP contribution in [-0.2, 0) is 0 Å². The molecule has 3 rings (SSSR count). The van der Waals surface area contributed by atoms with Crippen molar-refractivity contribution >= 4 is 11.8 Å². The van der Waals surface area contributed by atoms with E-state index in [1.54, 1.807) is 23.9 Å². The van der Waals surface area contributed by atoms with Crippen molar-refractivity contribution in [1.82, 2.24) is 25.6 Å². The normalized spacial score (nSPS) is 13.7. The molecule has 1 fully saturated rings. The van der Waals surface area contributed by atoms with Crippen LogP contribution in [0.1, 0.15) is 44.9 Å². The maximum Gasteiger partial charge on any atom is 0.273 e. The summed E-state index contributed by atoms with van der Waals surface area (Å²) in [6, 6.07) is 5.67. The van der Waals surface area contributed by atoms with Gasteiger partial charge in [-0.3, -0.25) is 9.59 Å². The molecular formula is C16H19N5O2. The predicted octanol–water partition coefficient (Wildman–Crippen LogP) is 1.14. The number of carbonyl (C=O) groups is 2. The first-order valence-electron chi connectivity index (χ1n) is 7.57. The Hall–Kier alpha value is -2.70. The molecule has 1 heterocycles. The second-order valence-electron chi connectivity index (χ2n) is 5.76. The zero-order chi connectivity index (χ0) is 16.6. The number of benzene rings is 1. The number of nitrogens with zero attached hydrogens (tertiary/aromatic N) is 3. The lowest BCUT2D eigenvalue weighted by Crippen LogP contribution is -2.26. The molecule has 2 N–H and O–H groups in total. The van der Waals surface area contributed by atoms with E-state index in [0.717, 1.165) is 24.1 Å². The van der Waals surface area contributed by atoms with Gasteiger partial charge in [0.2, 0.25) is 0 Å². The van der Waals surface area contributed by atoms with Gasteiger partial charge in [0.25, 0.3) is 11.8 Å². The van der Waals surface area contributed by atoms with E-state index in [-0.39, 0.29) is 17.9 Å². The molecule has 2 amide bonds. The van der Waals surface area contributed by atoms with Crippen molar-refractivity contribution in [3.05, 3.63) is 40.7 Å². The first-order valence-corrected chi connectivity index (χ1v) is 7.57. The molecule has 1 aromatic carbocycles. The molecule has 0 radical (unpaired) electrons. The zero-order valence-corrected chi connectivity index (χ0v) is 13.4. The molecule has 0 unspecified atom stereocenters. The number of aromatic nitrogens is 3. The van der Waals surface area contributed by atoms with Gasteiger partial charge >= 0.3 is 0 Å². The van der Waals surface area contributed by atoms with Crippen molar-refractivity contribution in [1.29, 1.82) is 0 Å². The van der Waals surface area contributed by atoms with E-state index in [2.05, 4.69) is 20.9 Å². The summed E-state index contributed by atoms with van der Waals surface area (Å²) >= 11 is 0. The zero-order valence-electron chi connectivity index (χ0n) is 13.4. The van der Waals surface area contributed by atoms with Crippen molar-refractivity contribution in [3.8, 4) is 5.69 Å². The van der Waals surface area contributed by atoms with Gasteiger partial charge in [0, 0.05) is 18.7 Å². The van der Waals surface area contributed by atoms with E-state index in [9.17, 15) is 9.59 Å². The molecule has 1 saturated carbocycles. The van der Waals surface area contributed by atoms with E-state index < -0.39 is 0 Å². The summed E-state index contributed by atoms with van der Waals surface area (Å²) < 4.78 is 1.61. The van der Waals surface area contributed by atoms with E-state index >= 15 is 0 Å². The minimum absolute atomic E-state index is 0.131. The van der Waals surface area contributed by atoms with Gasteiger partial charge in [0.1, 0.15) is 0 Å². The minimum Gasteiger partial charge on any atom is -0.355 e. The fourth-order valence-electron chi connectivity index (χ4n) is 2.43. The third-order valence-electron chi connectivity index (χ3n) is 3.95. The van der Waals surface area contributed by atoms with Crippen LogP contribution in [0.2, 0.25) is 0 Å². The highest BCUT2D eigenvalue weighted by molar-refractivity contribution is 5.95. The Kier molecular flexibility index (Phi) is 3.85. The van der Waals surface area contributed by atoms with E-state index in [4.69, 9.17) is 0 Å². The van der Waals surface area contributed by atoms with Crippen molar-refractivity contribution in [2.45, 2.75) is 32.7 Å². The average molecular weight is 313 g/mol. The number of carbonyl (C=O) groups excluding carboxylic acids is 2. The molecule has 120 valence electrons. The molecule has 7 nitrogen and oxygen atoms in total. The van der Waals surface area contributed by atoms with Gasteiger partial charge in [-0.2, -0.15) is 0 Å². The highest BCUT2D eigenvalue weighted by atomic mass is 16.2. The lowest BCUT2D eigenvalue weighted by molar-refractivity contribution is 0.0942. The molecule has 0 aliphatic heterocycles. The maximum absolute atomic E-state index is 12.1. The summed E-state index contributed by atoms with van der Waals surface area (Å²) in [6.07, 6.45) is 2.05.